The molecule has 0 aromatic heterocycles. The summed E-state index contributed by atoms with van der Waals surface area (Å²) in [5.41, 5.74) is 1.36. The van der Waals surface area contributed by atoms with Gasteiger partial charge in [-0.05, 0) is 48.4 Å². The van der Waals surface area contributed by atoms with E-state index in [-0.39, 0.29) is 17.2 Å². The number of carbonyl (C=O) groups excluding carboxylic acids is 2. The van der Waals surface area contributed by atoms with Crippen LogP contribution in [0.15, 0.2) is 53.4 Å². The Morgan fingerprint density at radius 1 is 1.00 bits per heavy atom. The fourth-order valence-corrected chi connectivity index (χ4v) is 3.23. The minimum absolute atomic E-state index is 0.0326. The van der Waals surface area contributed by atoms with Crippen molar-refractivity contribution in [3.63, 3.8) is 0 Å². The number of halogens is 1. The van der Waals surface area contributed by atoms with E-state index in [1.165, 1.54) is 31.2 Å². The Labute approximate surface area is 151 Å². The van der Waals surface area contributed by atoms with Crippen molar-refractivity contribution in [1.82, 2.24) is 4.72 Å². The Hall–Kier alpha value is -2.38. The number of rotatable bonds is 6. The van der Waals surface area contributed by atoms with Crippen LogP contribution in [0.2, 0.25) is 5.02 Å². The Morgan fingerprint density at radius 2 is 1.60 bits per heavy atom. The topological polar surface area (TPSA) is 92.3 Å². The number of aryl methyl sites for hydroxylation is 1. The van der Waals surface area contributed by atoms with Crippen molar-refractivity contribution in [2.24, 2.45) is 0 Å². The first kappa shape index (κ1) is 19.0. The van der Waals surface area contributed by atoms with E-state index >= 15 is 0 Å². The second-order valence-electron chi connectivity index (χ2n) is 5.36. The third-order valence-corrected chi connectivity index (χ3v) is 4.93. The predicted octanol–water partition coefficient (Wildman–Crippen LogP) is 2.74. The highest BCUT2D eigenvalue weighted by molar-refractivity contribution is 7.90. The number of hydrogen-bond donors (Lipinski definition) is 2. The van der Waals surface area contributed by atoms with Crippen LogP contribution in [0.4, 0.5) is 5.69 Å². The van der Waals surface area contributed by atoms with Crippen LogP contribution >= 0.6 is 11.6 Å². The van der Waals surface area contributed by atoms with Crippen LogP contribution in [0.1, 0.15) is 18.9 Å². The van der Waals surface area contributed by atoms with Gasteiger partial charge in [0.2, 0.25) is 11.8 Å². The molecule has 0 aliphatic carbocycles. The first-order chi connectivity index (χ1) is 11.8. The van der Waals surface area contributed by atoms with Crippen molar-refractivity contribution in [2.45, 2.75) is 24.7 Å². The van der Waals surface area contributed by atoms with E-state index < -0.39 is 15.9 Å². The van der Waals surface area contributed by atoms with Gasteiger partial charge in [-0.1, -0.05) is 23.7 Å². The van der Waals surface area contributed by atoms with Crippen molar-refractivity contribution in [3.05, 3.63) is 59.1 Å². The lowest BCUT2D eigenvalue weighted by atomic mass is 10.1. The van der Waals surface area contributed by atoms with E-state index in [1.807, 2.05) is 4.72 Å². The lowest BCUT2D eigenvalue weighted by Gasteiger charge is -2.08. The second-order valence-corrected chi connectivity index (χ2v) is 7.48. The van der Waals surface area contributed by atoms with Crippen LogP contribution in [0, 0.1) is 0 Å². The van der Waals surface area contributed by atoms with E-state index in [0.717, 1.165) is 5.56 Å². The zero-order valence-corrected chi connectivity index (χ0v) is 15.0. The molecular weight excluding hydrogens is 364 g/mol. The molecule has 2 aromatic rings. The molecule has 0 bridgehead atoms. The highest BCUT2D eigenvalue weighted by Crippen LogP contribution is 2.15. The molecule has 6 nitrogen and oxygen atoms in total. The number of sulfonamides is 1. The minimum atomic E-state index is -3.95. The molecule has 0 aliphatic heterocycles. The van der Waals surface area contributed by atoms with Gasteiger partial charge in [-0.3, -0.25) is 9.59 Å². The fourth-order valence-electron chi connectivity index (χ4n) is 2.09. The average Bonchev–Trinajstić information content (AvgIpc) is 2.54. The molecule has 2 rings (SSSR count). The van der Waals surface area contributed by atoms with Crippen LogP contribution in [0.25, 0.3) is 0 Å². The SMILES string of the molecule is CC(=O)Nc1ccc(S(=O)(=O)NC(=O)CCc2ccc(Cl)cc2)cc1. The van der Waals surface area contributed by atoms with Gasteiger partial charge in [0, 0.05) is 24.1 Å². The fraction of sp³-hybridized carbons (Fsp3) is 0.176. The Kier molecular flexibility index (Phi) is 6.17. The number of anilines is 1. The number of nitrogens with one attached hydrogen (secondary N) is 2. The highest BCUT2D eigenvalue weighted by atomic mass is 35.5. The maximum atomic E-state index is 12.2. The molecule has 2 aromatic carbocycles. The van der Waals surface area contributed by atoms with Crippen molar-refractivity contribution in [3.8, 4) is 0 Å². The molecule has 25 heavy (non-hydrogen) atoms. The summed E-state index contributed by atoms with van der Waals surface area (Å²) in [7, 11) is -3.95. The van der Waals surface area contributed by atoms with Crippen molar-refractivity contribution < 1.29 is 18.0 Å². The third-order valence-electron chi connectivity index (χ3n) is 3.29. The smallest absolute Gasteiger partial charge is 0.264 e. The summed E-state index contributed by atoms with van der Waals surface area (Å²) in [6, 6.07) is 12.5. The maximum absolute atomic E-state index is 12.2. The molecule has 8 heteroatoms. The van der Waals surface area contributed by atoms with Gasteiger partial charge in [0.15, 0.2) is 0 Å². The van der Waals surface area contributed by atoms with E-state index in [1.54, 1.807) is 24.3 Å². The van der Waals surface area contributed by atoms with Gasteiger partial charge < -0.3 is 5.32 Å². The van der Waals surface area contributed by atoms with Crippen LogP contribution in [0.3, 0.4) is 0 Å². The Bertz CT molecular complexity index is 863. The summed E-state index contributed by atoms with van der Waals surface area (Å²) in [6.45, 7) is 1.35. The molecule has 0 aliphatic rings. The number of benzene rings is 2. The Morgan fingerprint density at radius 3 is 2.16 bits per heavy atom. The number of amides is 2. The van der Waals surface area contributed by atoms with E-state index in [0.29, 0.717) is 17.1 Å². The molecule has 0 atom stereocenters. The minimum Gasteiger partial charge on any atom is -0.326 e. The quantitative estimate of drug-likeness (QED) is 0.805. The summed E-state index contributed by atoms with van der Waals surface area (Å²) < 4.78 is 26.4. The normalized spacial score (nSPS) is 11.0. The van der Waals surface area contributed by atoms with Gasteiger partial charge in [-0.2, -0.15) is 0 Å². The molecule has 0 spiro atoms. The maximum Gasteiger partial charge on any atom is 0.264 e. The summed E-state index contributed by atoms with van der Waals surface area (Å²) in [6.07, 6.45) is 0.435. The van der Waals surface area contributed by atoms with Crippen molar-refractivity contribution in [1.29, 1.82) is 0 Å². The molecule has 132 valence electrons. The van der Waals surface area contributed by atoms with Gasteiger partial charge in [0.1, 0.15) is 0 Å². The first-order valence-electron chi connectivity index (χ1n) is 7.44. The largest absolute Gasteiger partial charge is 0.326 e. The van der Waals surface area contributed by atoms with Crippen LogP contribution in [0.5, 0.6) is 0 Å². The summed E-state index contributed by atoms with van der Waals surface area (Å²) in [5.74, 6) is -0.855. The van der Waals surface area contributed by atoms with Crippen LogP contribution in [-0.4, -0.2) is 20.2 Å². The first-order valence-corrected chi connectivity index (χ1v) is 9.30. The van der Waals surface area contributed by atoms with E-state index in [4.69, 9.17) is 11.6 Å². The average molecular weight is 381 g/mol. The molecule has 0 radical (unpaired) electrons. The summed E-state index contributed by atoms with van der Waals surface area (Å²) in [5, 5.41) is 3.13. The van der Waals surface area contributed by atoms with Crippen LogP contribution < -0.4 is 10.0 Å². The molecular formula is C17H17ClN2O4S. The molecule has 0 saturated heterocycles. The zero-order chi connectivity index (χ0) is 18.4. The van der Waals surface area contributed by atoms with Crippen molar-refractivity contribution >= 4 is 39.1 Å². The van der Waals surface area contributed by atoms with Gasteiger partial charge in [0.05, 0.1) is 4.90 Å². The van der Waals surface area contributed by atoms with E-state index in [2.05, 4.69) is 5.32 Å². The van der Waals surface area contributed by atoms with Crippen molar-refractivity contribution in [2.75, 3.05) is 5.32 Å². The number of hydrogen-bond acceptors (Lipinski definition) is 4. The Balaban J connectivity index is 1.96. The second kappa shape index (κ2) is 8.13. The third kappa shape index (κ3) is 5.88. The molecule has 0 heterocycles. The van der Waals surface area contributed by atoms with E-state index in [9.17, 15) is 18.0 Å². The zero-order valence-electron chi connectivity index (χ0n) is 13.5. The molecule has 0 saturated carbocycles. The lowest BCUT2D eigenvalue weighted by molar-refractivity contribution is -0.119. The van der Waals surface area contributed by atoms with Gasteiger partial charge in [0.25, 0.3) is 10.0 Å². The van der Waals surface area contributed by atoms with Gasteiger partial charge in [-0.15, -0.1) is 0 Å². The van der Waals surface area contributed by atoms with Crippen LogP contribution in [-0.2, 0) is 26.0 Å². The summed E-state index contributed by atoms with van der Waals surface area (Å²) >= 11 is 5.79. The van der Waals surface area contributed by atoms with Gasteiger partial charge >= 0.3 is 0 Å². The molecule has 2 amide bonds. The van der Waals surface area contributed by atoms with Gasteiger partial charge in [-0.25, -0.2) is 13.1 Å². The predicted molar refractivity (Wildman–Crippen MR) is 95.8 cm³/mol. The summed E-state index contributed by atoms with van der Waals surface area (Å²) in [4.78, 5) is 22.8. The molecule has 0 fully saturated rings. The molecule has 2 N–H and O–H groups in total. The standard InChI is InChI=1S/C17H17ClN2O4S/c1-12(21)19-15-7-9-16(10-8-15)25(23,24)20-17(22)11-4-13-2-5-14(18)6-3-13/h2-3,5-10H,4,11H2,1H3,(H,19,21)(H,20,22). The highest BCUT2D eigenvalue weighted by Gasteiger charge is 2.17. The number of carbonyl (C=O) groups is 2. The lowest BCUT2D eigenvalue weighted by Crippen LogP contribution is -2.30. The monoisotopic (exact) mass is 380 g/mol. The molecule has 0 unspecified atom stereocenters.